The van der Waals surface area contributed by atoms with E-state index in [9.17, 15) is 18.8 Å². The molecule has 0 radical (unpaired) electrons. The highest BCUT2D eigenvalue weighted by Crippen LogP contribution is 2.39. The second-order valence-electron chi connectivity index (χ2n) is 8.85. The van der Waals surface area contributed by atoms with Crippen molar-refractivity contribution in [3.8, 4) is 0 Å². The number of benzene rings is 2. The van der Waals surface area contributed by atoms with Crippen molar-refractivity contribution in [3.05, 3.63) is 71.0 Å². The molecule has 2 aliphatic rings. The van der Waals surface area contributed by atoms with Gasteiger partial charge in [-0.1, -0.05) is 25.1 Å². The van der Waals surface area contributed by atoms with Gasteiger partial charge in [-0.25, -0.2) is 4.39 Å². The summed E-state index contributed by atoms with van der Waals surface area (Å²) < 4.78 is 19.4. The van der Waals surface area contributed by atoms with Crippen molar-refractivity contribution >= 4 is 17.7 Å². The molecule has 34 heavy (non-hydrogen) atoms. The SMILES string of the molecule is CCCNC(=O)[C@H]1COC2(CCN(C(=O)c3ccc(F)cc3)CC2)N1C(=O)c1ccccc1C. The summed E-state index contributed by atoms with van der Waals surface area (Å²) in [6.07, 6.45) is 1.56. The van der Waals surface area contributed by atoms with E-state index in [1.54, 1.807) is 21.9 Å². The smallest absolute Gasteiger partial charge is 0.257 e. The minimum absolute atomic E-state index is 0.110. The number of aryl methyl sites for hydroxylation is 1. The number of halogens is 1. The number of hydrogen-bond acceptors (Lipinski definition) is 4. The van der Waals surface area contributed by atoms with E-state index < -0.39 is 17.6 Å². The van der Waals surface area contributed by atoms with E-state index in [2.05, 4.69) is 5.32 Å². The van der Waals surface area contributed by atoms with Crippen molar-refractivity contribution in [3.63, 3.8) is 0 Å². The lowest BCUT2D eigenvalue weighted by Crippen LogP contribution is -2.60. The molecule has 4 rings (SSSR count). The van der Waals surface area contributed by atoms with Gasteiger partial charge in [-0.2, -0.15) is 0 Å². The van der Waals surface area contributed by atoms with Gasteiger partial charge in [0.25, 0.3) is 11.8 Å². The van der Waals surface area contributed by atoms with Crippen molar-refractivity contribution in [2.75, 3.05) is 26.2 Å². The third-order valence-electron chi connectivity index (χ3n) is 6.63. The molecule has 0 aromatic heterocycles. The fourth-order valence-electron chi connectivity index (χ4n) is 4.71. The first-order valence-electron chi connectivity index (χ1n) is 11.7. The van der Waals surface area contributed by atoms with Crippen LogP contribution in [-0.2, 0) is 9.53 Å². The van der Waals surface area contributed by atoms with Gasteiger partial charge < -0.3 is 15.0 Å². The van der Waals surface area contributed by atoms with Crippen molar-refractivity contribution in [2.45, 2.75) is 44.9 Å². The number of rotatable bonds is 5. The monoisotopic (exact) mass is 467 g/mol. The van der Waals surface area contributed by atoms with Crippen LogP contribution in [0.1, 0.15) is 52.5 Å². The van der Waals surface area contributed by atoms with Gasteiger partial charge in [0.05, 0.1) is 6.61 Å². The first-order valence-corrected chi connectivity index (χ1v) is 11.7. The maximum Gasteiger partial charge on any atom is 0.257 e. The zero-order chi connectivity index (χ0) is 24.3. The van der Waals surface area contributed by atoms with Crippen LogP contribution in [0.3, 0.4) is 0 Å². The molecule has 7 nitrogen and oxygen atoms in total. The van der Waals surface area contributed by atoms with Crippen molar-refractivity contribution < 1.29 is 23.5 Å². The van der Waals surface area contributed by atoms with E-state index in [4.69, 9.17) is 4.74 Å². The second-order valence-corrected chi connectivity index (χ2v) is 8.85. The molecule has 2 fully saturated rings. The number of carbonyl (C=O) groups excluding carboxylic acids is 3. The van der Waals surface area contributed by atoms with Crippen LogP contribution in [0.25, 0.3) is 0 Å². The number of nitrogens with one attached hydrogen (secondary N) is 1. The van der Waals surface area contributed by atoms with Crippen molar-refractivity contribution in [1.29, 1.82) is 0 Å². The molecule has 1 atom stereocenters. The van der Waals surface area contributed by atoms with Gasteiger partial charge in [0, 0.05) is 43.6 Å². The summed E-state index contributed by atoms with van der Waals surface area (Å²) >= 11 is 0. The van der Waals surface area contributed by atoms with Crippen LogP contribution < -0.4 is 5.32 Å². The first-order chi connectivity index (χ1) is 16.4. The number of likely N-dealkylation sites (tertiary alicyclic amines) is 1. The second kappa shape index (κ2) is 9.93. The molecule has 8 heteroatoms. The predicted molar refractivity (Wildman–Crippen MR) is 125 cm³/mol. The molecule has 0 saturated carbocycles. The minimum Gasteiger partial charge on any atom is -0.354 e. The number of piperidine rings is 1. The van der Waals surface area contributed by atoms with Gasteiger partial charge in [0.15, 0.2) is 0 Å². The lowest BCUT2D eigenvalue weighted by Gasteiger charge is -2.44. The van der Waals surface area contributed by atoms with Crippen molar-refractivity contribution in [2.24, 2.45) is 0 Å². The van der Waals surface area contributed by atoms with Crippen LogP contribution in [0, 0.1) is 12.7 Å². The Hall–Kier alpha value is -3.26. The fourth-order valence-corrected chi connectivity index (χ4v) is 4.71. The highest BCUT2D eigenvalue weighted by atomic mass is 19.1. The summed E-state index contributed by atoms with van der Waals surface area (Å²) in [5.74, 6) is -1.07. The van der Waals surface area contributed by atoms with Gasteiger partial charge in [-0.05, 0) is 49.2 Å². The zero-order valence-corrected chi connectivity index (χ0v) is 19.6. The molecular formula is C26H30FN3O4. The fraction of sp³-hybridized carbons (Fsp3) is 0.423. The Bertz CT molecular complexity index is 1060. The number of nitrogens with zero attached hydrogens (tertiary/aromatic N) is 2. The summed E-state index contributed by atoms with van der Waals surface area (Å²) in [5, 5.41) is 2.89. The van der Waals surface area contributed by atoms with Gasteiger partial charge in [0.2, 0.25) is 5.91 Å². The third kappa shape index (κ3) is 4.55. The number of ether oxygens (including phenoxy) is 1. The van der Waals surface area contributed by atoms with E-state index >= 15 is 0 Å². The normalized spacial score (nSPS) is 19.3. The maximum atomic E-state index is 13.7. The van der Waals surface area contributed by atoms with Crippen LogP contribution in [0.5, 0.6) is 0 Å². The zero-order valence-electron chi connectivity index (χ0n) is 19.6. The Morgan fingerprint density at radius 3 is 2.38 bits per heavy atom. The van der Waals surface area contributed by atoms with Crippen LogP contribution in [0.2, 0.25) is 0 Å². The Labute approximate surface area is 198 Å². The van der Waals surface area contributed by atoms with E-state index in [1.165, 1.54) is 24.3 Å². The third-order valence-corrected chi connectivity index (χ3v) is 6.63. The molecule has 180 valence electrons. The molecular weight excluding hydrogens is 437 g/mol. The molecule has 0 aliphatic carbocycles. The maximum absolute atomic E-state index is 13.7. The van der Waals surface area contributed by atoms with E-state index in [1.807, 2.05) is 26.0 Å². The number of amides is 3. The van der Waals surface area contributed by atoms with Crippen LogP contribution in [0.4, 0.5) is 4.39 Å². The van der Waals surface area contributed by atoms with Crippen LogP contribution in [0.15, 0.2) is 48.5 Å². The topological polar surface area (TPSA) is 79.0 Å². The van der Waals surface area contributed by atoms with Gasteiger partial charge >= 0.3 is 0 Å². The highest BCUT2D eigenvalue weighted by molar-refractivity contribution is 5.99. The minimum atomic E-state index is -0.965. The molecule has 2 saturated heterocycles. The summed E-state index contributed by atoms with van der Waals surface area (Å²) in [6.45, 7) is 5.19. The van der Waals surface area contributed by atoms with Gasteiger partial charge in [0.1, 0.15) is 17.6 Å². The summed E-state index contributed by atoms with van der Waals surface area (Å²) in [5.41, 5.74) is 0.804. The average molecular weight is 468 g/mol. The quantitative estimate of drug-likeness (QED) is 0.733. The van der Waals surface area contributed by atoms with E-state index in [0.29, 0.717) is 43.6 Å². The molecule has 0 unspecified atom stereocenters. The standard InChI is InChI=1S/C26H30FN3O4/c1-3-14-28-23(31)22-17-34-26(30(22)25(33)21-7-5-4-6-18(21)2)12-15-29(16-13-26)24(32)19-8-10-20(27)11-9-19/h4-11,22H,3,12-17H2,1-2H3,(H,28,31)/t22-/m1/s1. The predicted octanol–water partition coefficient (Wildman–Crippen LogP) is 3.13. The summed E-state index contributed by atoms with van der Waals surface area (Å²) in [6, 6.07) is 12.0. The lowest BCUT2D eigenvalue weighted by molar-refractivity contribution is -0.128. The van der Waals surface area contributed by atoms with Crippen molar-refractivity contribution in [1.82, 2.24) is 15.1 Å². The number of hydrogen-bond donors (Lipinski definition) is 1. The molecule has 3 amide bonds. The molecule has 1 N–H and O–H groups in total. The highest BCUT2D eigenvalue weighted by Gasteiger charge is 2.54. The molecule has 0 bridgehead atoms. The first kappa shape index (κ1) is 23.9. The molecule has 2 aliphatic heterocycles. The molecule has 2 heterocycles. The summed E-state index contributed by atoms with van der Waals surface area (Å²) in [7, 11) is 0. The largest absolute Gasteiger partial charge is 0.354 e. The molecule has 2 aromatic carbocycles. The lowest BCUT2D eigenvalue weighted by atomic mass is 9.95. The van der Waals surface area contributed by atoms with Gasteiger partial charge in [-0.15, -0.1) is 0 Å². The van der Waals surface area contributed by atoms with Crippen LogP contribution in [-0.4, -0.2) is 65.5 Å². The Morgan fingerprint density at radius 2 is 1.74 bits per heavy atom. The van der Waals surface area contributed by atoms with E-state index in [0.717, 1.165) is 12.0 Å². The Morgan fingerprint density at radius 1 is 1.06 bits per heavy atom. The number of carbonyl (C=O) groups is 3. The summed E-state index contributed by atoms with van der Waals surface area (Å²) in [4.78, 5) is 42.9. The average Bonchev–Trinajstić information content (AvgIpc) is 3.21. The Balaban J connectivity index is 1.57. The van der Waals surface area contributed by atoms with Gasteiger partial charge in [-0.3, -0.25) is 19.3 Å². The van der Waals surface area contributed by atoms with Crippen LogP contribution >= 0.6 is 0 Å². The molecule has 2 aromatic rings. The Kier molecular flexibility index (Phi) is 6.97. The molecule has 1 spiro atoms. The van der Waals surface area contributed by atoms with E-state index in [-0.39, 0.29) is 24.3 Å².